The van der Waals surface area contributed by atoms with Gasteiger partial charge in [-0.2, -0.15) is 0 Å². The molecule has 1 fully saturated rings. The van der Waals surface area contributed by atoms with Crippen LogP contribution in [0, 0.1) is 0 Å². The van der Waals surface area contributed by atoms with Gasteiger partial charge in [0.05, 0.1) is 22.8 Å². The highest BCUT2D eigenvalue weighted by Gasteiger charge is 2.33. The van der Waals surface area contributed by atoms with Crippen LogP contribution in [0.3, 0.4) is 0 Å². The number of rotatable bonds is 5. The SMILES string of the molecule is CCOc1ccc(Cl)cc1C=C1SC(=S)N(c2cccc(C(=O)O)c2)C1=O. The molecule has 0 radical (unpaired) electrons. The van der Waals surface area contributed by atoms with E-state index in [9.17, 15) is 9.59 Å². The lowest BCUT2D eigenvalue weighted by Crippen LogP contribution is -2.27. The number of thiocarbonyl (C=S) groups is 1. The average molecular weight is 420 g/mol. The summed E-state index contributed by atoms with van der Waals surface area (Å²) in [5.41, 5.74) is 1.17. The Balaban J connectivity index is 1.97. The number of nitrogens with zero attached hydrogens (tertiary/aromatic N) is 1. The number of carbonyl (C=O) groups is 2. The van der Waals surface area contributed by atoms with Gasteiger partial charge in [0.2, 0.25) is 0 Å². The molecule has 27 heavy (non-hydrogen) atoms. The molecule has 8 heteroatoms. The molecule has 0 saturated carbocycles. The van der Waals surface area contributed by atoms with Crippen LogP contribution in [0.4, 0.5) is 5.69 Å². The van der Waals surface area contributed by atoms with Crippen molar-refractivity contribution >= 4 is 63.5 Å². The Kier molecular flexibility index (Phi) is 5.84. The van der Waals surface area contributed by atoms with E-state index in [0.29, 0.717) is 37.9 Å². The average Bonchev–Trinajstić information content (AvgIpc) is 2.91. The Morgan fingerprint density at radius 1 is 1.33 bits per heavy atom. The van der Waals surface area contributed by atoms with Crippen LogP contribution in [0.15, 0.2) is 47.4 Å². The van der Waals surface area contributed by atoms with E-state index in [2.05, 4.69) is 0 Å². The molecule has 1 saturated heterocycles. The van der Waals surface area contributed by atoms with Gasteiger partial charge in [0.25, 0.3) is 5.91 Å². The minimum absolute atomic E-state index is 0.0824. The van der Waals surface area contributed by atoms with Crippen LogP contribution in [0.1, 0.15) is 22.8 Å². The molecule has 0 aromatic heterocycles. The summed E-state index contributed by atoms with van der Waals surface area (Å²) in [6.45, 7) is 2.35. The highest BCUT2D eigenvalue weighted by Crippen LogP contribution is 2.37. The molecule has 2 aromatic rings. The third-order valence-corrected chi connectivity index (χ3v) is 5.24. The van der Waals surface area contributed by atoms with E-state index in [1.165, 1.54) is 17.0 Å². The van der Waals surface area contributed by atoms with Crippen molar-refractivity contribution in [1.29, 1.82) is 0 Å². The second-order valence-electron chi connectivity index (χ2n) is 5.49. The van der Waals surface area contributed by atoms with E-state index in [4.69, 9.17) is 33.7 Å². The molecule has 3 rings (SSSR count). The summed E-state index contributed by atoms with van der Waals surface area (Å²) in [5.74, 6) is -0.784. The molecule has 0 spiro atoms. The van der Waals surface area contributed by atoms with E-state index >= 15 is 0 Å². The second-order valence-corrected chi connectivity index (χ2v) is 7.60. The standard InChI is InChI=1S/C19H14ClNO4S2/c1-2-25-15-7-6-13(20)8-12(15)10-16-17(22)21(19(26)27-16)14-5-3-4-11(9-14)18(23)24/h3-10H,2H2,1H3,(H,23,24). The van der Waals surface area contributed by atoms with Gasteiger partial charge < -0.3 is 9.84 Å². The van der Waals surface area contributed by atoms with Crippen LogP contribution in [0.25, 0.3) is 6.08 Å². The monoisotopic (exact) mass is 419 g/mol. The molecule has 0 aliphatic carbocycles. The summed E-state index contributed by atoms with van der Waals surface area (Å²) in [4.78, 5) is 25.8. The first-order valence-electron chi connectivity index (χ1n) is 7.94. The number of carboxylic acid groups (broad SMARTS) is 1. The Labute approximate surface area is 170 Å². The Morgan fingerprint density at radius 2 is 2.11 bits per heavy atom. The van der Waals surface area contributed by atoms with Crippen molar-refractivity contribution < 1.29 is 19.4 Å². The molecular formula is C19H14ClNO4S2. The summed E-state index contributed by atoms with van der Waals surface area (Å²) >= 11 is 12.5. The minimum Gasteiger partial charge on any atom is -0.493 e. The number of carbonyl (C=O) groups excluding carboxylic acids is 1. The summed E-state index contributed by atoms with van der Waals surface area (Å²) in [5, 5.41) is 9.68. The summed E-state index contributed by atoms with van der Waals surface area (Å²) in [6.07, 6.45) is 1.68. The van der Waals surface area contributed by atoms with Crippen molar-refractivity contribution in [3.05, 3.63) is 63.5 Å². The van der Waals surface area contributed by atoms with E-state index in [1.54, 1.807) is 36.4 Å². The molecule has 1 amide bonds. The minimum atomic E-state index is -1.07. The number of anilines is 1. The number of hydrogen-bond donors (Lipinski definition) is 1. The van der Waals surface area contributed by atoms with E-state index in [1.807, 2.05) is 6.92 Å². The molecule has 0 atom stereocenters. The van der Waals surface area contributed by atoms with Crippen LogP contribution >= 0.6 is 35.6 Å². The number of carboxylic acids is 1. The topological polar surface area (TPSA) is 66.8 Å². The maximum atomic E-state index is 12.9. The summed E-state index contributed by atoms with van der Waals surface area (Å²) in [6, 6.07) is 11.3. The molecule has 2 aromatic carbocycles. The third-order valence-electron chi connectivity index (χ3n) is 3.70. The normalized spacial score (nSPS) is 15.5. The molecule has 0 unspecified atom stereocenters. The number of aromatic carboxylic acids is 1. The molecular weight excluding hydrogens is 406 g/mol. The number of benzene rings is 2. The number of hydrogen-bond acceptors (Lipinski definition) is 5. The maximum Gasteiger partial charge on any atom is 0.335 e. The Morgan fingerprint density at radius 3 is 2.81 bits per heavy atom. The van der Waals surface area contributed by atoms with Crippen molar-refractivity contribution in [3.8, 4) is 5.75 Å². The lowest BCUT2D eigenvalue weighted by molar-refractivity contribution is -0.113. The highest BCUT2D eigenvalue weighted by atomic mass is 35.5. The van der Waals surface area contributed by atoms with Crippen LogP contribution in [-0.2, 0) is 4.79 Å². The summed E-state index contributed by atoms with van der Waals surface area (Å²) < 4.78 is 5.91. The lowest BCUT2D eigenvalue weighted by atomic mass is 10.1. The number of thioether (sulfide) groups is 1. The smallest absolute Gasteiger partial charge is 0.335 e. The molecule has 1 aliphatic rings. The Bertz CT molecular complexity index is 974. The van der Waals surface area contributed by atoms with Gasteiger partial charge in [-0.05, 0) is 49.4 Å². The zero-order valence-electron chi connectivity index (χ0n) is 14.1. The van der Waals surface area contributed by atoms with Gasteiger partial charge in [-0.1, -0.05) is 41.6 Å². The first-order chi connectivity index (χ1) is 12.9. The molecule has 1 N–H and O–H groups in total. The number of amides is 1. The van der Waals surface area contributed by atoms with Gasteiger partial charge in [0.1, 0.15) is 5.75 Å². The van der Waals surface area contributed by atoms with Crippen molar-refractivity contribution in [2.45, 2.75) is 6.92 Å². The quantitative estimate of drug-likeness (QED) is 0.552. The maximum absolute atomic E-state index is 12.9. The van der Waals surface area contributed by atoms with Gasteiger partial charge in [-0.3, -0.25) is 9.69 Å². The van der Waals surface area contributed by atoms with Gasteiger partial charge in [-0.15, -0.1) is 0 Å². The number of halogens is 1. The van der Waals surface area contributed by atoms with Crippen LogP contribution in [0.5, 0.6) is 5.75 Å². The molecule has 138 valence electrons. The third kappa shape index (κ3) is 4.16. The predicted molar refractivity (Wildman–Crippen MR) is 112 cm³/mol. The van der Waals surface area contributed by atoms with Crippen LogP contribution < -0.4 is 9.64 Å². The predicted octanol–water partition coefficient (Wildman–Crippen LogP) is 4.84. The fourth-order valence-corrected chi connectivity index (χ4v) is 4.00. The lowest BCUT2D eigenvalue weighted by Gasteiger charge is -2.15. The largest absolute Gasteiger partial charge is 0.493 e. The molecule has 0 bridgehead atoms. The van der Waals surface area contributed by atoms with Gasteiger partial charge in [0, 0.05) is 10.6 Å². The van der Waals surface area contributed by atoms with Crippen molar-refractivity contribution in [2.24, 2.45) is 0 Å². The van der Waals surface area contributed by atoms with Crippen LogP contribution in [0.2, 0.25) is 5.02 Å². The number of ether oxygens (including phenoxy) is 1. The fourth-order valence-electron chi connectivity index (χ4n) is 2.53. The highest BCUT2D eigenvalue weighted by molar-refractivity contribution is 8.27. The van der Waals surface area contributed by atoms with Gasteiger partial charge >= 0.3 is 5.97 Å². The van der Waals surface area contributed by atoms with Crippen molar-refractivity contribution in [1.82, 2.24) is 0 Å². The zero-order chi connectivity index (χ0) is 19.6. The molecule has 1 aliphatic heterocycles. The fraction of sp³-hybridized carbons (Fsp3) is 0.105. The van der Waals surface area contributed by atoms with E-state index in [0.717, 1.165) is 11.8 Å². The second kappa shape index (κ2) is 8.12. The van der Waals surface area contributed by atoms with E-state index < -0.39 is 5.97 Å². The van der Waals surface area contributed by atoms with Gasteiger partial charge in [-0.25, -0.2) is 4.79 Å². The van der Waals surface area contributed by atoms with Gasteiger partial charge in [0.15, 0.2) is 4.32 Å². The zero-order valence-corrected chi connectivity index (χ0v) is 16.5. The Hall–Kier alpha value is -2.35. The molecule has 1 heterocycles. The van der Waals surface area contributed by atoms with Crippen molar-refractivity contribution in [3.63, 3.8) is 0 Å². The summed E-state index contributed by atoms with van der Waals surface area (Å²) in [7, 11) is 0. The first-order valence-corrected chi connectivity index (χ1v) is 9.54. The van der Waals surface area contributed by atoms with Crippen LogP contribution in [-0.4, -0.2) is 27.9 Å². The van der Waals surface area contributed by atoms with E-state index in [-0.39, 0.29) is 11.5 Å². The first kappa shape index (κ1) is 19.4. The molecule has 5 nitrogen and oxygen atoms in total. The van der Waals surface area contributed by atoms with Crippen molar-refractivity contribution in [2.75, 3.05) is 11.5 Å².